The zero-order valence-electron chi connectivity index (χ0n) is 13.3. The van der Waals surface area contributed by atoms with Gasteiger partial charge in [-0.2, -0.15) is 0 Å². The first kappa shape index (κ1) is 15.3. The average Bonchev–Trinajstić information content (AvgIpc) is 2.94. The molecule has 2 N–H and O–H groups in total. The maximum absolute atomic E-state index is 12.4. The van der Waals surface area contributed by atoms with Crippen molar-refractivity contribution in [2.24, 2.45) is 0 Å². The highest BCUT2D eigenvalue weighted by Crippen LogP contribution is 2.25. The smallest absolute Gasteiger partial charge is 0.257 e. The van der Waals surface area contributed by atoms with Crippen molar-refractivity contribution in [3.8, 4) is 5.75 Å². The highest BCUT2D eigenvalue weighted by Gasteiger charge is 2.25. The number of hydrogen-bond acceptors (Lipinski definition) is 3. The van der Waals surface area contributed by atoms with Crippen molar-refractivity contribution in [2.45, 2.75) is 39.2 Å². The summed E-state index contributed by atoms with van der Waals surface area (Å²) in [7, 11) is 0. The number of rotatable bonds is 4. The van der Waals surface area contributed by atoms with E-state index in [2.05, 4.69) is 10.3 Å². The number of Topliss-reactive ketones (excluding diaryl/α,β-unsaturated/α-hetero) is 1. The van der Waals surface area contributed by atoms with Crippen LogP contribution in [0.5, 0.6) is 5.75 Å². The van der Waals surface area contributed by atoms with Gasteiger partial charge >= 0.3 is 0 Å². The maximum Gasteiger partial charge on any atom is 0.257 e. The number of fused-ring (bicyclic) bond motifs is 1. The fraction of sp³-hybridized carbons (Fsp3) is 0.333. The van der Waals surface area contributed by atoms with E-state index in [0.29, 0.717) is 23.2 Å². The number of ketones is 1. The summed E-state index contributed by atoms with van der Waals surface area (Å²) in [5.74, 6) is 0.529. The van der Waals surface area contributed by atoms with Crippen molar-refractivity contribution in [1.29, 1.82) is 0 Å². The molecular weight excluding hydrogens is 292 g/mol. The second-order valence-corrected chi connectivity index (χ2v) is 5.98. The number of H-pyrrole nitrogens is 1. The van der Waals surface area contributed by atoms with Crippen molar-refractivity contribution >= 4 is 17.4 Å². The van der Waals surface area contributed by atoms with Crippen LogP contribution in [0.25, 0.3) is 0 Å². The minimum absolute atomic E-state index is 0.0401. The fourth-order valence-electron chi connectivity index (χ4n) is 2.80. The topological polar surface area (TPSA) is 71.2 Å². The van der Waals surface area contributed by atoms with Gasteiger partial charge in [0.15, 0.2) is 5.78 Å². The summed E-state index contributed by atoms with van der Waals surface area (Å²) in [4.78, 5) is 27.5. The summed E-state index contributed by atoms with van der Waals surface area (Å²) in [6.07, 6.45) is 3.89. The minimum atomic E-state index is -0.268. The molecule has 3 rings (SSSR count). The Bertz CT molecular complexity index is 729. The van der Waals surface area contributed by atoms with Crippen LogP contribution in [0.2, 0.25) is 0 Å². The van der Waals surface area contributed by atoms with E-state index in [1.165, 1.54) is 0 Å². The molecule has 0 radical (unpaired) electrons. The van der Waals surface area contributed by atoms with Gasteiger partial charge in [-0.15, -0.1) is 0 Å². The van der Waals surface area contributed by atoms with Crippen LogP contribution in [0, 0.1) is 0 Å². The molecule has 5 nitrogen and oxygen atoms in total. The van der Waals surface area contributed by atoms with Gasteiger partial charge in [-0.25, -0.2) is 0 Å². The van der Waals surface area contributed by atoms with Crippen LogP contribution in [-0.4, -0.2) is 22.8 Å². The number of anilines is 1. The van der Waals surface area contributed by atoms with Gasteiger partial charge in [0.1, 0.15) is 5.75 Å². The molecule has 1 aromatic carbocycles. The maximum atomic E-state index is 12.4. The molecular formula is C18H20N2O3. The summed E-state index contributed by atoms with van der Waals surface area (Å²) >= 11 is 0. The van der Waals surface area contributed by atoms with Crippen LogP contribution in [-0.2, 0) is 6.42 Å². The van der Waals surface area contributed by atoms with Crippen molar-refractivity contribution in [1.82, 2.24) is 4.98 Å². The number of amides is 1. The Kier molecular flexibility index (Phi) is 4.19. The lowest BCUT2D eigenvalue weighted by atomic mass is 9.93. The molecule has 5 heteroatoms. The molecule has 0 aliphatic heterocycles. The summed E-state index contributed by atoms with van der Waals surface area (Å²) < 4.78 is 5.57. The zero-order valence-corrected chi connectivity index (χ0v) is 13.3. The van der Waals surface area contributed by atoms with E-state index >= 15 is 0 Å². The third kappa shape index (κ3) is 3.28. The van der Waals surface area contributed by atoms with Gasteiger partial charge < -0.3 is 15.0 Å². The summed E-state index contributed by atoms with van der Waals surface area (Å²) in [5.41, 5.74) is 2.51. The number of ether oxygens (including phenoxy) is 1. The molecule has 1 heterocycles. The third-order valence-electron chi connectivity index (χ3n) is 3.80. The van der Waals surface area contributed by atoms with Gasteiger partial charge in [0.05, 0.1) is 17.2 Å². The van der Waals surface area contributed by atoms with Gasteiger partial charge in [0.2, 0.25) is 0 Å². The van der Waals surface area contributed by atoms with Crippen LogP contribution in [0.3, 0.4) is 0 Å². The normalized spacial score (nSPS) is 13.8. The molecule has 120 valence electrons. The number of carbonyl (C=O) groups excluding carboxylic acids is 2. The van der Waals surface area contributed by atoms with E-state index < -0.39 is 0 Å². The quantitative estimate of drug-likeness (QED) is 0.906. The zero-order chi connectivity index (χ0) is 16.4. The van der Waals surface area contributed by atoms with Crippen LogP contribution in [0.4, 0.5) is 5.69 Å². The Morgan fingerprint density at radius 1 is 1.22 bits per heavy atom. The van der Waals surface area contributed by atoms with Crippen LogP contribution in [0.15, 0.2) is 30.5 Å². The highest BCUT2D eigenvalue weighted by molar-refractivity contribution is 6.13. The molecule has 0 bridgehead atoms. The molecule has 23 heavy (non-hydrogen) atoms. The number of aromatic nitrogens is 1. The Labute approximate surface area is 135 Å². The second kappa shape index (κ2) is 6.28. The third-order valence-corrected chi connectivity index (χ3v) is 3.80. The summed E-state index contributed by atoms with van der Waals surface area (Å²) in [6.45, 7) is 3.92. The average molecular weight is 312 g/mol. The number of carbonyl (C=O) groups is 2. The Hall–Kier alpha value is -2.56. The molecule has 0 atom stereocenters. The molecule has 0 saturated carbocycles. The molecule has 2 aromatic rings. The number of benzene rings is 1. The number of hydrogen-bond donors (Lipinski definition) is 2. The lowest BCUT2D eigenvalue weighted by molar-refractivity contribution is 0.0956. The first-order chi connectivity index (χ1) is 11.0. The van der Waals surface area contributed by atoms with E-state index in [1.807, 2.05) is 26.0 Å². The van der Waals surface area contributed by atoms with E-state index in [9.17, 15) is 9.59 Å². The first-order valence-corrected chi connectivity index (χ1v) is 7.86. The predicted molar refractivity (Wildman–Crippen MR) is 88.2 cm³/mol. The predicted octanol–water partition coefficient (Wildman–Crippen LogP) is 3.57. The fourth-order valence-corrected chi connectivity index (χ4v) is 2.80. The SMILES string of the molecule is CC(C)Oc1ccc(NC(=O)c2c[nH]c3c2C(=O)CCC3)cc1. The Balaban J connectivity index is 1.75. The highest BCUT2D eigenvalue weighted by atomic mass is 16.5. The van der Waals surface area contributed by atoms with Crippen molar-refractivity contribution in [3.63, 3.8) is 0 Å². The van der Waals surface area contributed by atoms with E-state index in [4.69, 9.17) is 4.74 Å². The molecule has 0 saturated heterocycles. The first-order valence-electron chi connectivity index (χ1n) is 7.86. The van der Waals surface area contributed by atoms with E-state index in [-0.39, 0.29) is 17.8 Å². The largest absolute Gasteiger partial charge is 0.491 e. The Morgan fingerprint density at radius 2 is 1.96 bits per heavy atom. The molecule has 0 unspecified atom stereocenters. The molecule has 1 aromatic heterocycles. The van der Waals surface area contributed by atoms with Gasteiger partial charge in [-0.05, 0) is 51.0 Å². The van der Waals surface area contributed by atoms with Crippen molar-refractivity contribution < 1.29 is 14.3 Å². The monoisotopic (exact) mass is 312 g/mol. The van der Waals surface area contributed by atoms with Crippen molar-refractivity contribution in [3.05, 3.63) is 47.3 Å². The van der Waals surface area contributed by atoms with E-state index in [1.54, 1.807) is 18.3 Å². The molecule has 0 spiro atoms. The summed E-state index contributed by atoms with van der Waals surface area (Å²) in [5, 5.41) is 2.83. The van der Waals surface area contributed by atoms with Crippen LogP contribution < -0.4 is 10.1 Å². The number of aromatic amines is 1. The molecule has 1 aliphatic carbocycles. The van der Waals surface area contributed by atoms with E-state index in [0.717, 1.165) is 24.3 Å². The Morgan fingerprint density at radius 3 is 2.65 bits per heavy atom. The van der Waals surface area contributed by atoms with Gasteiger partial charge in [0, 0.05) is 24.0 Å². The molecule has 1 amide bonds. The number of nitrogens with one attached hydrogen (secondary N) is 2. The minimum Gasteiger partial charge on any atom is -0.491 e. The lowest BCUT2D eigenvalue weighted by Gasteiger charge is -2.12. The molecule has 0 fully saturated rings. The van der Waals surface area contributed by atoms with Gasteiger partial charge in [0.25, 0.3) is 5.91 Å². The number of aryl methyl sites for hydroxylation is 1. The van der Waals surface area contributed by atoms with Crippen molar-refractivity contribution in [2.75, 3.05) is 5.32 Å². The van der Waals surface area contributed by atoms with Crippen LogP contribution in [0.1, 0.15) is 53.1 Å². The second-order valence-electron chi connectivity index (χ2n) is 5.98. The summed E-state index contributed by atoms with van der Waals surface area (Å²) in [6, 6.07) is 7.20. The van der Waals surface area contributed by atoms with Gasteiger partial charge in [-0.3, -0.25) is 9.59 Å². The molecule has 1 aliphatic rings. The lowest BCUT2D eigenvalue weighted by Crippen LogP contribution is -2.17. The standard InChI is InChI=1S/C18H20N2O3/c1-11(2)23-13-8-6-12(7-9-13)20-18(22)14-10-19-15-4-3-5-16(21)17(14)15/h6-11,19H,3-5H2,1-2H3,(H,20,22). The van der Waals surface area contributed by atoms with Crippen LogP contribution >= 0.6 is 0 Å². The van der Waals surface area contributed by atoms with Gasteiger partial charge in [-0.1, -0.05) is 0 Å².